The first-order valence-corrected chi connectivity index (χ1v) is 10.3. The summed E-state index contributed by atoms with van der Waals surface area (Å²) < 4.78 is 7.55. The molecule has 3 rings (SSSR count). The molecule has 0 spiro atoms. The molecule has 0 radical (unpaired) electrons. The summed E-state index contributed by atoms with van der Waals surface area (Å²) in [4.78, 5) is 15.1. The van der Waals surface area contributed by atoms with Crippen LogP contribution in [0.25, 0.3) is 0 Å². The van der Waals surface area contributed by atoms with Crippen LogP contribution in [-0.4, -0.2) is 29.0 Å². The van der Waals surface area contributed by atoms with Crippen molar-refractivity contribution >= 4 is 5.91 Å². The lowest BCUT2D eigenvalue weighted by atomic mass is 10.1. The number of aromatic nitrogens is 1. The fourth-order valence-corrected chi connectivity index (χ4v) is 3.48. The van der Waals surface area contributed by atoms with Crippen molar-refractivity contribution in [1.82, 2.24) is 9.47 Å². The molecule has 0 saturated carbocycles. The van der Waals surface area contributed by atoms with Gasteiger partial charge in [0, 0.05) is 30.5 Å². The zero-order valence-corrected chi connectivity index (χ0v) is 17.4. The third kappa shape index (κ3) is 5.74. The predicted molar refractivity (Wildman–Crippen MR) is 117 cm³/mol. The number of benzene rings is 2. The molecule has 2 aromatic carbocycles. The number of hydrogen-bond donors (Lipinski definition) is 0. The first-order chi connectivity index (χ1) is 14.2. The minimum Gasteiger partial charge on any atom is -0.497 e. The number of rotatable bonds is 10. The molecule has 0 atom stereocenters. The van der Waals surface area contributed by atoms with Crippen LogP contribution in [0, 0.1) is 0 Å². The zero-order valence-electron chi connectivity index (χ0n) is 17.4. The van der Waals surface area contributed by atoms with Crippen LogP contribution < -0.4 is 4.74 Å². The van der Waals surface area contributed by atoms with Gasteiger partial charge in [-0.3, -0.25) is 4.79 Å². The van der Waals surface area contributed by atoms with Gasteiger partial charge in [0.1, 0.15) is 5.75 Å². The number of unbranched alkanes of at least 4 members (excludes halogenated alkanes) is 2. The second kappa shape index (κ2) is 10.5. The Kier molecular flexibility index (Phi) is 7.51. The summed E-state index contributed by atoms with van der Waals surface area (Å²) in [5, 5.41) is 0. The summed E-state index contributed by atoms with van der Waals surface area (Å²) >= 11 is 0. The summed E-state index contributed by atoms with van der Waals surface area (Å²) in [6.45, 7) is 4.31. The number of carbonyl (C=O) groups excluding carboxylic acids is 1. The van der Waals surface area contributed by atoms with Crippen molar-refractivity contribution < 1.29 is 9.53 Å². The van der Waals surface area contributed by atoms with Crippen LogP contribution in [0.4, 0.5) is 0 Å². The van der Waals surface area contributed by atoms with E-state index in [4.69, 9.17) is 4.74 Å². The highest BCUT2D eigenvalue weighted by atomic mass is 16.5. The van der Waals surface area contributed by atoms with Crippen molar-refractivity contribution in [2.24, 2.45) is 0 Å². The molecule has 0 aliphatic rings. The molecule has 0 fully saturated rings. The Morgan fingerprint density at radius 1 is 1.00 bits per heavy atom. The third-order valence-corrected chi connectivity index (χ3v) is 5.10. The Labute approximate surface area is 173 Å². The molecule has 4 nitrogen and oxygen atoms in total. The number of ether oxygens (including phenoxy) is 1. The molecule has 0 bridgehead atoms. The first-order valence-electron chi connectivity index (χ1n) is 10.3. The van der Waals surface area contributed by atoms with Gasteiger partial charge in [-0.25, -0.2) is 0 Å². The van der Waals surface area contributed by atoms with Gasteiger partial charge in [0.2, 0.25) is 0 Å². The van der Waals surface area contributed by atoms with E-state index in [1.165, 1.54) is 5.56 Å². The lowest BCUT2D eigenvalue weighted by Gasteiger charge is -2.24. The van der Waals surface area contributed by atoms with Gasteiger partial charge in [-0.2, -0.15) is 0 Å². The van der Waals surface area contributed by atoms with Crippen LogP contribution in [0.2, 0.25) is 0 Å². The Hall–Kier alpha value is -3.01. The van der Waals surface area contributed by atoms with Gasteiger partial charge in [0.05, 0.1) is 13.7 Å². The average molecular weight is 391 g/mol. The topological polar surface area (TPSA) is 34.5 Å². The number of amides is 1. The maximum atomic E-state index is 13.1. The monoisotopic (exact) mass is 390 g/mol. The predicted octanol–water partition coefficient (Wildman–Crippen LogP) is 5.38. The lowest BCUT2D eigenvalue weighted by molar-refractivity contribution is 0.0736. The molecule has 0 aliphatic carbocycles. The summed E-state index contributed by atoms with van der Waals surface area (Å²) in [6.07, 6.45) is 5.36. The Bertz CT molecular complexity index is 902. The molecule has 29 heavy (non-hydrogen) atoms. The van der Waals surface area contributed by atoms with E-state index in [2.05, 4.69) is 35.9 Å². The maximum Gasteiger partial charge on any atom is 0.254 e. The van der Waals surface area contributed by atoms with Gasteiger partial charge in [0.15, 0.2) is 0 Å². The van der Waals surface area contributed by atoms with E-state index in [1.54, 1.807) is 7.11 Å². The molecule has 1 heterocycles. The SMILES string of the molecule is CCCCCN(Cc1cccn1Cc1cccc(OC)c1)C(=O)c1ccccc1. The molecule has 1 aromatic heterocycles. The number of methoxy groups -OCH3 is 1. The van der Waals surface area contributed by atoms with Crippen LogP contribution in [-0.2, 0) is 13.1 Å². The Morgan fingerprint density at radius 3 is 2.59 bits per heavy atom. The van der Waals surface area contributed by atoms with Crippen LogP contribution in [0.3, 0.4) is 0 Å². The third-order valence-electron chi connectivity index (χ3n) is 5.10. The standard InChI is InChI=1S/C25H30N2O2/c1-3-4-8-16-27(25(28)22-12-6-5-7-13-22)20-23-14-10-17-26(23)19-21-11-9-15-24(18-21)29-2/h5-7,9-15,17-18H,3-4,8,16,19-20H2,1-2H3. The molecule has 0 aliphatic heterocycles. The zero-order chi connectivity index (χ0) is 20.5. The molecule has 1 amide bonds. The van der Waals surface area contributed by atoms with Gasteiger partial charge >= 0.3 is 0 Å². The quantitative estimate of drug-likeness (QED) is 0.436. The van der Waals surface area contributed by atoms with Crippen molar-refractivity contribution in [3.05, 3.63) is 89.7 Å². The van der Waals surface area contributed by atoms with Crippen LogP contribution in [0.1, 0.15) is 47.8 Å². The first kappa shape index (κ1) is 20.7. The van der Waals surface area contributed by atoms with Crippen molar-refractivity contribution in [2.75, 3.05) is 13.7 Å². The normalized spacial score (nSPS) is 10.7. The number of nitrogens with zero attached hydrogens (tertiary/aromatic N) is 2. The Morgan fingerprint density at radius 2 is 1.83 bits per heavy atom. The Balaban J connectivity index is 1.77. The fraction of sp³-hybridized carbons (Fsp3) is 0.320. The van der Waals surface area contributed by atoms with E-state index in [9.17, 15) is 4.79 Å². The van der Waals surface area contributed by atoms with Crippen molar-refractivity contribution in [2.45, 2.75) is 39.3 Å². The van der Waals surface area contributed by atoms with E-state index in [-0.39, 0.29) is 5.91 Å². The summed E-state index contributed by atoms with van der Waals surface area (Å²) in [5.74, 6) is 0.951. The summed E-state index contributed by atoms with van der Waals surface area (Å²) in [6, 6.07) is 21.8. The molecule has 0 unspecified atom stereocenters. The molecular formula is C25H30N2O2. The van der Waals surface area contributed by atoms with Crippen molar-refractivity contribution in [3.8, 4) is 5.75 Å². The number of carbonyl (C=O) groups is 1. The summed E-state index contributed by atoms with van der Waals surface area (Å²) in [5.41, 5.74) is 3.05. The average Bonchev–Trinajstić information content (AvgIpc) is 3.20. The fourth-order valence-electron chi connectivity index (χ4n) is 3.48. The van der Waals surface area contributed by atoms with E-state index < -0.39 is 0 Å². The highest BCUT2D eigenvalue weighted by Crippen LogP contribution is 2.17. The van der Waals surface area contributed by atoms with E-state index in [0.717, 1.165) is 49.4 Å². The van der Waals surface area contributed by atoms with Gasteiger partial charge in [-0.15, -0.1) is 0 Å². The smallest absolute Gasteiger partial charge is 0.254 e. The van der Waals surface area contributed by atoms with E-state index >= 15 is 0 Å². The van der Waals surface area contributed by atoms with E-state index in [1.807, 2.05) is 53.4 Å². The minimum atomic E-state index is 0.0934. The molecule has 0 saturated heterocycles. The van der Waals surface area contributed by atoms with Crippen LogP contribution in [0.15, 0.2) is 72.9 Å². The highest BCUT2D eigenvalue weighted by molar-refractivity contribution is 5.94. The largest absolute Gasteiger partial charge is 0.497 e. The van der Waals surface area contributed by atoms with Gasteiger partial charge in [-0.1, -0.05) is 50.1 Å². The highest BCUT2D eigenvalue weighted by Gasteiger charge is 2.17. The number of hydrogen-bond acceptors (Lipinski definition) is 2. The lowest BCUT2D eigenvalue weighted by Crippen LogP contribution is -2.32. The van der Waals surface area contributed by atoms with Crippen LogP contribution >= 0.6 is 0 Å². The molecule has 4 heteroatoms. The van der Waals surface area contributed by atoms with Crippen molar-refractivity contribution in [1.29, 1.82) is 0 Å². The molecule has 0 N–H and O–H groups in total. The molecule has 3 aromatic rings. The molecular weight excluding hydrogens is 360 g/mol. The maximum absolute atomic E-state index is 13.1. The van der Waals surface area contributed by atoms with Gasteiger partial charge < -0.3 is 14.2 Å². The molecule has 152 valence electrons. The van der Waals surface area contributed by atoms with Gasteiger partial charge in [0.25, 0.3) is 5.91 Å². The second-order valence-corrected chi connectivity index (χ2v) is 7.28. The minimum absolute atomic E-state index is 0.0934. The van der Waals surface area contributed by atoms with Gasteiger partial charge in [-0.05, 0) is 48.4 Å². The second-order valence-electron chi connectivity index (χ2n) is 7.28. The van der Waals surface area contributed by atoms with E-state index in [0.29, 0.717) is 6.54 Å². The summed E-state index contributed by atoms with van der Waals surface area (Å²) in [7, 11) is 1.68. The van der Waals surface area contributed by atoms with Crippen molar-refractivity contribution in [3.63, 3.8) is 0 Å². The van der Waals surface area contributed by atoms with Crippen LogP contribution in [0.5, 0.6) is 5.75 Å².